The number of rotatable bonds is 3. The molecule has 5 nitrogen and oxygen atoms in total. The predicted octanol–water partition coefficient (Wildman–Crippen LogP) is 1.84. The van der Waals surface area contributed by atoms with E-state index in [-0.39, 0.29) is 11.1 Å². The summed E-state index contributed by atoms with van der Waals surface area (Å²) in [5.41, 5.74) is 6.98. The summed E-state index contributed by atoms with van der Waals surface area (Å²) in [6, 6.07) is 10.2. The van der Waals surface area contributed by atoms with Gasteiger partial charge in [-0.1, -0.05) is 23.7 Å². The van der Waals surface area contributed by atoms with Gasteiger partial charge < -0.3 is 11.1 Å². The maximum absolute atomic E-state index is 11.9. The van der Waals surface area contributed by atoms with E-state index in [1.807, 2.05) is 12.1 Å². The Labute approximate surface area is 109 Å². The average Bonchev–Trinajstić information content (AvgIpc) is 2.41. The van der Waals surface area contributed by atoms with E-state index in [1.165, 1.54) is 0 Å². The largest absolute Gasteiger partial charge is 0.326 e. The summed E-state index contributed by atoms with van der Waals surface area (Å²) >= 11 is 5.60. The molecule has 0 spiro atoms. The van der Waals surface area contributed by atoms with Crippen LogP contribution in [-0.4, -0.2) is 16.1 Å². The van der Waals surface area contributed by atoms with Gasteiger partial charge in [0.15, 0.2) is 11.0 Å². The summed E-state index contributed by atoms with van der Waals surface area (Å²) in [4.78, 5) is 11.9. The van der Waals surface area contributed by atoms with Gasteiger partial charge in [-0.3, -0.25) is 4.79 Å². The first-order valence-electron chi connectivity index (χ1n) is 5.28. The highest BCUT2D eigenvalue weighted by atomic mass is 35.5. The van der Waals surface area contributed by atoms with E-state index in [2.05, 4.69) is 15.5 Å². The molecule has 0 unspecified atom stereocenters. The van der Waals surface area contributed by atoms with Crippen LogP contribution in [0.15, 0.2) is 36.4 Å². The molecule has 1 heterocycles. The molecule has 0 saturated heterocycles. The second kappa shape index (κ2) is 5.57. The lowest BCUT2D eigenvalue weighted by Gasteiger charge is -2.04. The number of carbonyl (C=O) groups is 1. The zero-order chi connectivity index (χ0) is 13.0. The zero-order valence-electron chi connectivity index (χ0n) is 9.43. The lowest BCUT2D eigenvalue weighted by Crippen LogP contribution is -2.13. The molecule has 1 aromatic carbocycles. The van der Waals surface area contributed by atoms with Gasteiger partial charge >= 0.3 is 0 Å². The first-order valence-corrected chi connectivity index (χ1v) is 5.66. The molecule has 6 heteroatoms. The number of amides is 1. The predicted molar refractivity (Wildman–Crippen MR) is 69.3 cm³/mol. The average molecular weight is 263 g/mol. The summed E-state index contributed by atoms with van der Waals surface area (Å²) in [6.45, 7) is 0.449. The summed E-state index contributed by atoms with van der Waals surface area (Å²) in [5.74, 6) is 0.0995. The van der Waals surface area contributed by atoms with E-state index >= 15 is 0 Å². The van der Waals surface area contributed by atoms with E-state index in [1.54, 1.807) is 24.3 Å². The maximum Gasteiger partial charge on any atom is 0.256 e. The Morgan fingerprint density at radius 3 is 2.44 bits per heavy atom. The number of nitrogens with zero attached hydrogens (tertiary/aromatic N) is 2. The smallest absolute Gasteiger partial charge is 0.256 e. The van der Waals surface area contributed by atoms with Crippen LogP contribution < -0.4 is 11.1 Å². The van der Waals surface area contributed by atoms with Gasteiger partial charge in [-0.05, 0) is 29.8 Å². The highest BCUT2D eigenvalue weighted by Gasteiger charge is 2.06. The fourth-order valence-corrected chi connectivity index (χ4v) is 1.46. The van der Waals surface area contributed by atoms with Crippen LogP contribution in [-0.2, 0) is 6.54 Å². The Bertz CT molecular complexity index is 539. The van der Waals surface area contributed by atoms with Crippen molar-refractivity contribution in [3.05, 3.63) is 52.7 Å². The molecule has 2 rings (SSSR count). The Morgan fingerprint density at radius 1 is 1.17 bits per heavy atom. The van der Waals surface area contributed by atoms with Crippen LogP contribution in [0.4, 0.5) is 5.82 Å². The van der Waals surface area contributed by atoms with Crippen molar-refractivity contribution in [3.63, 3.8) is 0 Å². The van der Waals surface area contributed by atoms with Crippen molar-refractivity contribution in [2.24, 2.45) is 5.73 Å². The lowest BCUT2D eigenvalue weighted by atomic mass is 10.1. The molecule has 3 N–H and O–H groups in total. The minimum absolute atomic E-state index is 0.254. The van der Waals surface area contributed by atoms with E-state index in [0.717, 1.165) is 5.56 Å². The second-order valence-electron chi connectivity index (χ2n) is 3.60. The highest BCUT2D eigenvalue weighted by molar-refractivity contribution is 6.29. The molecule has 92 valence electrons. The number of nitrogens with two attached hydrogens (primary N) is 1. The van der Waals surface area contributed by atoms with Crippen molar-refractivity contribution >= 4 is 23.3 Å². The number of hydrogen-bond acceptors (Lipinski definition) is 4. The monoisotopic (exact) mass is 262 g/mol. The van der Waals surface area contributed by atoms with E-state index < -0.39 is 0 Å². The van der Waals surface area contributed by atoms with Crippen LogP contribution in [0.25, 0.3) is 0 Å². The van der Waals surface area contributed by atoms with Gasteiger partial charge in [0.25, 0.3) is 5.91 Å². The highest BCUT2D eigenvalue weighted by Crippen LogP contribution is 2.09. The van der Waals surface area contributed by atoms with Crippen molar-refractivity contribution in [1.82, 2.24) is 10.2 Å². The van der Waals surface area contributed by atoms with Crippen LogP contribution in [0.3, 0.4) is 0 Å². The van der Waals surface area contributed by atoms with Crippen molar-refractivity contribution in [2.45, 2.75) is 6.54 Å². The SMILES string of the molecule is NCc1ccc(C(=O)Nc2ccc(Cl)nn2)cc1. The zero-order valence-corrected chi connectivity index (χ0v) is 10.2. The number of anilines is 1. The maximum atomic E-state index is 11.9. The van der Waals surface area contributed by atoms with Crippen molar-refractivity contribution in [1.29, 1.82) is 0 Å². The van der Waals surface area contributed by atoms with Crippen molar-refractivity contribution in [3.8, 4) is 0 Å². The van der Waals surface area contributed by atoms with Crippen LogP contribution >= 0.6 is 11.6 Å². The molecule has 2 aromatic rings. The molecule has 0 fully saturated rings. The molecule has 0 aliphatic carbocycles. The van der Waals surface area contributed by atoms with E-state index in [0.29, 0.717) is 17.9 Å². The summed E-state index contributed by atoms with van der Waals surface area (Å²) in [7, 11) is 0. The first-order chi connectivity index (χ1) is 8.69. The van der Waals surface area contributed by atoms with Crippen LogP contribution in [0.2, 0.25) is 5.15 Å². The van der Waals surface area contributed by atoms with Crippen molar-refractivity contribution in [2.75, 3.05) is 5.32 Å². The number of halogens is 1. The summed E-state index contributed by atoms with van der Waals surface area (Å²) in [5, 5.41) is 10.3. The standard InChI is InChI=1S/C12H11ClN4O/c13-10-5-6-11(17-16-10)15-12(18)9-3-1-8(7-14)2-4-9/h1-6H,7,14H2,(H,15,17,18). The van der Waals surface area contributed by atoms with Crippen LogP contribution in [0.1, 0.15) is 15.9 Å². The third-order valence-corrected chi connectivity index (χ3v) is 2.53. The topological polar surface area (TPSA) is 80.9 Å². The number of benzene rings is 1. The minimum atomic E-state index is -0.254. The lowest BCUT2D eigenvalue weighted by molar-refractivity contribution is 0.102. The van der Waals surface area contributed by atoms with Gasteiger partial charge in [-0.25, -0.2) is 0 Å². The minimum Gasteiger partial charge on any atom is -0.326 e. The van der Waals surface area contributed by atoms with Crippen molar-refractivity contribution < 1.29 is 4.79 Å². The molecule has 1 aromatic heterocycles. The van der Waals surface area contributed by atoms with Crippen LogP contribution in [0, 0.1) is 0 Å². The molecule has 0 atom stereocenters. The third-order valence-electron chi connectivity index (χ3n) is 2.33. The van der Waals surface area contributed by atoms with Gasteiger partial charge in [0.1, 0.15) is 0 Å². The third kappa shape index (κ3) is 3.03. The fourth-order valence-electron chi connectivity index (χ4n) is 1.36. The molecule has 0 aliphatic rings. The molecule has 0 radical (unpaired) electrons. The Kier molecular flexibility index (Phi) is 3.86. The molecular weight excluding hydrogens is 252 g/mol. The molecule has 0 aliphatic heterocycles. The molecule has 0 bridgehead atoms. The second-order valence-corrected chi connectivity index (χ2v) is 3.98. The number of nitrogens with one attached hydrogen (secondary N) is 1. The Hall–Kier alpha value is -1.98. The van der Waals surface area contributed by atoms with Gasteiger partial charge in [0.2, 0.25) is 0 Å². The van der Waals surface area contributed by atoms with E-state index in [4.69, 9.17) is 17.3 Å². The Balaban J connectivity index is 2.09. The first kappa shape index (κ1) is 12.5. The van der Waals surface area contributed by atoms with Crippen LogP contribution in [0.5, 0.6) is 0 Å². The fraction of sp³-hybridized carbons (Fsp3) is 0.0833. The summed E-state index contributed by atoms with van der Waals surface area (Å²) < 4.78 is 0. The quantitative estimate of drug-likeness (QED) is 0.884. The van der Waals surface area contributed by atoms with Gasteiger partial charge in [0, 0.05) is 12.1 Å². The molecule has 0 saturated carbocycles. The molecule has 1 amide bonds. The molecule has 18 heavy (non-hydrogen) atoms. The van der Waals surface area contributed by atoms with Gasteiger partial charge in [-0.15, -0.1) is 10.2 Å². The number of hydrogen-bond donors (Lipinski definition) is 2. The molecular formula is C12H11ClN4O. The summed E-state index contributed by atoms with van der Waals surface area (Å²) in [6.07, 6.45) is 0. The number of aromatic nitrogens is 2. The Morgan fingerprint density at radius 2 is 1.89 bits per heavy atom. The normalized spacial score (nSPS) is 10.1. The van der Waals surface area contributed by atoms with Gasteiger partial charge in [-0.2, -0.15) is 0 Å². The van der Waals surface area contributed by atoms with E-state index in [9.17, 15) is 4.79 Å². The van der Waals surface area contributed by atoms with Gasteiger partial charge in [0.05, 0.1) is 0 Å². The number of carbonyl (C=O) groups excluding carboxylic acids is 1.